The molecule has 0 saturated carbocycles. The molecule has 0 radical (unpaired) electrons. The molecule has 2 N–H and O–H groups in total. The number of rotatable bonds is 6. The first-order chi connectivity index (χ1) is 15.8. The van der Waals surface area contributed by atoms with Gasteiger partial charge in [0.1, 0.15) is 0 Å². The molecule has 8 nitrogen and oxygen atoms in total. The van der Waals surface area contributed by atoms with Crippen LogP contribution >= 0.6 is 22.9 Å². The highest BCUT2D eigenvalue weighted by Crippen LogP contribution is 2.36. The van der Waals surface area contributed by atoms with Gasteiger partial charge in [-0.15, -0.1) is 10.2 Å². The van der Waals surface area contributed by atoms with Gasteiger partial charge in [0.25, 0.3) is 0 Å². The van der Waals surface area contributed by atoms with Crippen LogP contribution in [0.4, 0.5) is 10.8 Å². The average Bonchev–Trinajstić information content (AvgIpc) is 3.60. The smallest absolute Gasteiger partial charge is 0.210 e. The summed E-state index contributed by atoms with van der Waals surface area (Å²) in [6.07, 6.45) is 6.27. The predicted octanol–water partition coefficient (Wildman–Crippen LogP) is 4.92. The Balaban J connectivity index is 1.26. The minimum atomic E-state index is 0.604. The number of hydrogen-bond donors (Lipinski definition) is 2. The van der Waals surface area contributed by atoms with Gasteiger partial charge in [0, 0.05) is 24.0 Å². The molecule has 6 rings (SSSR count). The van der Waals surface area contributed by atoms with Crippen LogP contribution in [-0.2, 0) is 6.54 Å². The fourth-order valence-corrected chi connectivity index (χ4v) is 5.31. The molecule has 1 aliphatic heterocycles. The van der Waals surface area contributed by atoms with Crippen LogP contribution in [0.2, 0.25) is 5.02 Å². The Hall–Kier alpha value is -3.01. The lowest BCUT2D eigenvalue weighted by Crippen LogP contribution is -2.23. The number of hydrogen-bond acceptors (Lipinski definition) is 7. The number of likely N-dealkylation sites (tertiary alicyclic amines) is 1. The normalized spacial score (nSPS) is 14.7. The fourth-order valence-electron chi connectivity index (χ4n) is 4.27. The van der Waals surface area contributed by atoms with Crippen molar-refractivity contribution in [2.45, 2.75) is 19.4 Å². The van der Waals surface area contributed by atoms with Gasteiger partial charge in [-0.3, -0.25) is 5.10 Å². The third-order valence-electron chi connectivity index (χ3n) is 5.96. The number of aromatic nitrogens is 6. The number of para-hydroxylation sites is 1. The van der Waals surface area contributed by atoms with Crippen molar-refractivity contribution < 1.29 is 0 Å². The molecule has 0 unspecified atom stereocenters. The molecule has 1 aliphatic rings. The van der Waals surface area contributed by atoms with Crippen molar-refractivity contribution in [1.82, 2.24) is 34.8 Å². The summed E-state index contributed by atoms with van der Waals surface area (Å²) in [4.78, 5) is 7.23. The van der Waals surface area contributed by atoms with Crippen LogP contribution in [0.1, 0.15) is 12.8 Å². The lowest BCUT2D eigenvalue weighted by Gasteiger charge is -2.14. The van der Waals surface area contributed by atoms with E-state index in [0.717, 1.165) is 51.3 Å². The predicted molar refractivity (Wildman–Crippen MR) is 129 cm³/mol. The van der Waals surface area contributed by atoms with Crippen LogP contribution < -0.4 is 5.32 Å². The molecular weight excluding hydrogens is 444 g/mol. The number of nitrogens with zero attached hydrogens (tertiary/aromatic N) is 6. The minimum Gasteiger partial charge on any atom is -0.329 e. The van der Waals surface area contributed by atoms with Crippen LogP contribution in [0.25, 0.3) is 32.5 Å². The molecule has 5 aromatic rings. The van der Waals surface area contributed by atoms with Gasteiger partial charge >= 0.3 is 0 Å². The Kier molecular flexibility index (Phi) is 5.01. The van der Waals surface area contributed by atoms with E-state index in [4.69, 9.17) is 16.6 Å². The quantitative estimate of drug-likeness (QED) is 0.370. The van der Waals surface area contributed by atoms with Crippen molar-refractivity contribution >= 4 is 55.7 Å². The zero-order chi connectivity index (χ0) is 21.5. The zero-order valence-corrected chi connectivity index (χ0v) is 18.8. The highest BCUT2D eigenvalue weighted by atomic mass is 35.5. The first kappa shape index (κ1) is 19.7. The summed E-state index contributed by atoms with van der Waals surface area (Å²) in [6.45, 7) is 4.41. The van der Waals surface area contributed by atoms with Crippen molar-refractivity contribution in [3.05, 3.63) is 47.9 Å². The molecule has 1 saturated heterocycles. The van der Waals surface area contributed by atoms with Crippen molar-refractivity contribution in [3.8, 4) is 10.6 Å². The fraction of sp³-hybridized carbons (Fsp3) is 0.273. The van der Waals surface area contributed by atoms with Crippen LogP contribution in [0.3, 0.4) is 0 Å². The largest absolute Gasteiger partial charge is 0.329 e. The summed E-state index contributed by atoms with van der Waals surface area (Å²) in [5.41, 5.74) is 4.73. The molecule has 1 fully saturated rings. The summed E-state index contributed by atoms with van der Waals surface area (Å²) in [5.74, 6) is 0. The van der Waals surface area contributed by atoms with Gasteiger partial charge in [0.05, 0.1) is 39.8 Å². The third kappa shape index (κ3) is 3.52. The maximum absolute atomic E-state index is 6.53. The van der Waals surface area contributed by atoms with E-state index in [1.165, 1.54) is 37.3 Å². The van der Waals surface area contributed by atoms with E-state index in [9.17, 15) is 0 Å². The number of anilines is 2. The molecule has 0 amide bonds. The molecule has 10 heteroatoms. The topological polar surface area (TPSA) is 87.5 Å². The highest BCUT2D eigenvalue weighted by molar-refractivity contribution is 7.18. The maximum Gasteiger partial charge on any atom is 0.210 e. The second-order valence-corrected chi connectivity index (χ2v) is 9.31. The molecule has 4 heterocycles. The van der Waals surface area contributed by atoms with Crippen LogP contribution in [0.5, 0.6) is 0 Å². The molecule has 32 heavy (non-hydrogen) atoms. The lowest BCUT2D eigenvalue weighted by molar-refractivity contribution is 0.324. The number of halogens is 1. The highest BCUT2D eigenvalue weighted by Gasteiger charge is 2.16. The van der Waals surface area contributed by atoms with E-state index < -0.39 is 0 Å². The van der Waals surface area contributed by atoms with Gasteiger partial charge in [0.15, 0.2) is 5.01 Å². The van der Waals surface area contributed by atoms with Gasteiger partial charge in [-0.25, -0.2) is 4.98 Å². The second-order valence-electron chi connectivity index (χ2n) is 7.96. The van der Waals surface area contributed by atoms with E-state index in [1.807, 2.05) is 18.5 Å². The van der Waals surface area contributed by atoms with E-state index in [1.54, 1.807) is 6.20 Å². The molecule has 2 aromatic carbocycles. The summed E-state index contributed by atoms with van der Waals surface area (Å²) in [7, 11) is 0. The number of aromatic amines is 1. The monoisotopic (exact) mass is 464 g/mol. The Morgan fingerprint density at radius 2 is 2.00 bits per heavy atom. The lowest BCUT2D eigenvalue weighted by atomic mass is 10.2. The van der Waals surface area contributed by atoms with Gasteiger partial charge in [0.2, 0.25) is 5.13 Å². The number of benzene rings is 2. The van der Waals surface area contributed by atoms with E-state index in [0.29, 0.717) is 10.2 Å². The molecule has 0 aliphatic carbocycles. The Bertz CT molecular complexity index is 1400. The molecule has 162 valence electrons. The van der Waals surface area contributed by atoms with E-state index >= 15 is 0 Å². The number of imidazole rings is 1. The van der Waals surface area contributed by atoms with Crippen molar-refractivity contribution in [3.63, 3.8) is 0 Å². The summed E-state index contributed by atoms with van der Waals surface area (Å²) >= 11 is 8.01. The van der Waals surface area contributed by atoms with Gasteiger partial charge in [-0.2, -0.15) is 5.10 Å². The summed E-state index contributed by atoms with van der Waals surface area (Å²) in [5, 5.41) is 22.0. The zero-order valence-electron chi connectivity index (χ0n) is 17.3. The second kappa shape index (κ2) is 8.16. The number of nitrogens with one attached hydrogen (secondary N) is 2. The van der Waals surface area contributed by atoms with Crippen molar-refractivity contribution in [2.75, 3.05) is 25.0 Å². The Morgan fingerprint density at radius 3 is 2.91 bits per heavy atom. The number of fused-ring (bicyclic) bond motifs is 2. The maximum atomic E-state index is 6.53. The first-order valence-electron chi connectivity index (χ1n) is 10.6. The molecule has 0 atom stereocenters. The molecule has 3 aromatic heterocycles. The standard InChI is InChI=1S/C22H21ClN8S/c23-19-15-12-25-27-16(15)6-7-17(19)26-22-29-28-21(32-22)14-4-3-5-18-20(14)24-13-31(18)11-10-30-8-1-2-9-30/h3-7,12-13H,1-2,8-11H2,(H,25,27)(H,26,29). The van der Waals surface area contributed by atoms with Crippen LogP contribution in [0, 0.1) is 0 Å². The van der Waals surface area contributed by atoms with Crippen LogP contribution in [-0.4, -0.2) is 54.5 Å². The molecule has 0 bridgehead atoms. The summed E-state index contributed by atoms with van der Waals surface area (Å²) < 4.78 is 2.23. The van der Waals surface area contributed by atoms with E-state index in [-0.39, 0.29) is 0 Å². The van der Waals surface area contributed by atoms with Gasteiger partial charge in [-0.05, 0) is 50.2 Å². The Morgan fingerprint density at radius 1 is 1.09 bits per heavy atom. The first-order valence-corrected chi connectivity index (χ1v) is 11.8. The molecule has 0 spiro atoms. The minimum absolute atomic E-state index is 0.604. The number of H-pyrrole nitrogens is 1. The Labute approximate surface area is 193 Å². The SMILES string of the molecule is Clc1c(Nc2nnc(-c3cccc4c3ncn4CCN3CCCC3)s2)ccc2[nH]ncc12. The van der Waals surface area contributed by atoms with Gasteiger partial charge in [-0.1, -0.05) is 29.0 Å². The average molecular weight is 465 g/mol. The molecular formula is C22H21ClN8S. The van der Waals surface area contributed by atoms with Gasteiger partial charge < -0.3 is 14.8 Å². The van der Waals surface area contributed by atoms with Crippen molar-refractivity contribution in [1.29, 1.82) is 0 Å². The third-order valence-corrected chi connectivity index (χ3v) is 7.24. The van der Waals surface area contributed by atoms with Crippen LogP contribution in [0.15, 0.2) is 42.9 Å². The van der Waals surface area contributed by atoms with E-state index in [2.05, 4.69) is 53.4 Å². The van der Waals surface area contributed by atoms with Crippen molar-refractivity contribution in [2.24, 2.45) is 0 Å². The summed E-state index contributed by atoms with van der Waals surface area (Å²) in [6, 6.07) is 10.1.